The summed E-state index contributed by atoms with van der Waals surface area (Å²) in [6, 6.07) is 3.75. The van der Waals surface area contributed by atoms with Crippen molar-refractivity contribution >= 4 is 34.1 Å². The Morgan fingerprint density at radius 3 is 2.56 bits per heavy atom. The van der Waals surface area contributed by atoms with E-state index >= 15 is 0 Å². The van der Waals surface area contributed by atoms with E-state index in [1.165, 1.54) is 0 Å². The highest BCUT2D eigenvalue weighted by Crippen LogP contribution is 2.34. The largest absolute Gasteiger partial charge is 0.392 e. The van der Waals surface area contributed by atoms with Crippen LogP contribution in [0.1, 0.15) is 18.1 Å². The molecule has 0 atom stereocenters. The first kappa shape index (κ1) is 11.8. The minimum Gasteiger partial charge on any atom is -0.392 e. The topological polar surface area (TPSA) is 25.2 Å². The van der Waals surface area contributed by atoms with Gasteiger partial charge in [-0.25, -0.2) is 0 Å². The zero-order valence-corrected chi connectivity index (χ0v) is 10.7. The normalized spacial score (nSPS) is 11.3. The van der Waals surface area contributed by atoms with Crippen molar-refractivity contribution in [2.45, 2.75) is 27.0 Å². The molecule has 0 fully saturated rings. The van der Waals surface area contributed by atoms with Gasteiger partial charge in [-0.1, -0.05) is 29.3 Å². The summed E-state index contributed by atoms with van der Waals surface area (Å²) in [4.78, 5) is 0. The quantitative estimate of drug-likeness (QED) is 0.871. The monoisotopic (exact) mass is 257 g/mol. The third-order valence-corrected chi connectivity index (χ3v) is 3.76. The number of hydrogen-bond acceptors (Lipinski definition) is 1. The van der Waals surface area contributed by atoms with Crippen molar-refractivity contribution in [2.24, 2.45) is 0 Å². The molecular weight excluding hydrogens is 245 g/mol. The Bertz CT molecular complexity index is 546. The van der Waals surface area contributed by atoms with E-state index in [0.717, 1.165) is 33.6 Å². The van der Waals surface area contributed by atoms with Gasteiger partial charge in [-0.2, -0.15) is 0 Å². The van der Waals surface area contributed by atoms with Crippen LogP contribution in [0.15, 0.2) is 12.1 Å². The second-order valence-electron chi connectivity index (χ2n) is 3.74. The van der Waals surface area contributed by atoms with Crippen molar-refractivity contribution in [3.8, 4) is 0 Å². The number of rotatable bonds is 2. The van der Waals surface area contributed by atoms with Gasteiger partial charge in [-0.05, 0) is 25.5 Å². The van der Waals surface area contributed by atoms with Crippen LogP contribution in [0, 0.1) is 6.92 Å². The minimum atomic E-state index is -0.0522. The first-order valence-corrected chi connectivity index (χ1v) is 5.93. The smallest absolute Gasteiger partial charge is 0.115 e. The Morgan fingerprint density at radius 2 is 2.00 bits per heavy atom. The summed E-state index contributed by atoms with van der Waals surface area (Å²) in [5.74, 6) is 0. The fourth-order valence-corrected chi connectivity index (χ4v) is 2.60. The first-order valence-electron chi connectivity index (χ1n) is 5.18. The van der Waals surface area contributed by atoms with Gasteiger partial charge in [0, 0.05) is 22.5 Å². The Labute approximate surface area is 104 Å². The first-order chi connectivity index (χ1) is 7.61. The number of halogens is 2. The van der Waals surface area contributed by atoms with Gasteiger partial charge in [0.05, 0.1) is 12.1 Å². The lowest BCUT2D eigenvalue weighted by atomic mass is 10.1. The third-order valence-electron chi connectivity index (χ3n) is 2.92. The van der Waals surface area contributed by atoms with Crippen LogP contribution in [-0.4, -0.2) is 9.67 Å². The van der Waals surface area contributed by atoms with E-state index in [-0.39, 0.29) is 6.61 Å². The van der Waals surface area contributed by atoms with Crippen molar-refractivity contribution in [1.29, 1.82) is 0 Å². The van der Waals surface area contributed by atoms with Crippen LogP contribution in [0.4, 0.5) is 0 Å². The summed E-state index contributed by atoms with van der Waals surface area (Å²) in [5.41, 5.74) is 2.80. The number of benzene rings is 1. The molecule has 1 aromatic heterocycles. The molecule has 0 saturated carbocycles. The summed E-state index contributed by atoms with van der Waals surface area (Å²) in [5, 5.41) is 11.7. The standard InChI is InChI=1S/C12H13Cl2NO/c1-3-15-11-7(2)10(13)5-4-8(11)9(6-16)12(15)14/h4-5,16H,3,6H2,1-2H3. The van der Waals surface area contributed by atoms with Gasteiger partial charge in [0.1, 0.15) is 5.15 Å². The number of aliphatic hydroxyl groups is 1. The lowest BCUT2D eigenvalue weighted by Crippen LogP contribution is -1.95. The maximum Gasteiger partial charge on any atom is 0.115 e. The molecular formula is C12H13Cl2NO. The van der Waals surface area contributed by atoms with E-state index in [2.05, 4.69) is 0 Å². The van der Waals surface area contributed by atoms with Crippen LogP contribution >= 0.6 is 23.2 Å². The van der Waals surface area contributed by atoms with Crippen LogP contribution < -0.4 is 0 Å². The average molecular weight is 258 g/mol. The molecule has 0 bridgehead atoms. The number of fused-ring (bicyclic) bond motifs is 1. The molecule has 4 heteroatoms. The fraction of sp³-hybridized carbons (Fsp3) is 0.333. The van der Waals surface area contributed by atoms with Crippen LogP contribution in [0.5, 0.6) is 0 Å². The molecule has 1 aromatic carbocycles. The Morgan fingerprint density at radius 1 is 1.31 bits per heavy atom. The van der Waals surface area contributed by atoms with Crippen LogP contribution in [0.3, 0.4) is 0 Å². The van der Waals surface area contributed by atoms with Crippen LogP contribution in [0.25, 0.3) is 10.9 Å². The molecule has 2 aromatic rings. The molecule has 1 heterocycles. The van der Waals surface area contributed by atoms with Crippen molar-refractivity contribution in [1.82, 2.24) is 4.57 Å². The number of hydrogen-bond donors (Lipinski definition) is 1. The number of aryl methyl sites for hydroxylation is 2. The minimum absolute atomic E-state index is 0.0522. The summed E-state index contributed by atoms with van der Waals surface area (Å²) in [6.45, 7) is 4.70. The van der Waals surface area contributed by atoms with Crippen molar-refractivity contribution in [3.63, 3.8) is 0 Å². The van der Waals surface area contributed by atoms with Gasteiger partial charge < -0.3 is 9.67 Å². The lowest BCUT2D eigenvalue weighted by molar-refractivity contribution is 0.283. The van der Waals surface area contributed by atoms with Gasteiger partial charge in [0.15, 0.2) is 0 Å². The molecule has 16 heavy (non-hydrogen) atoms. The number of nitrogens with zero attached hydrogens (tertiary/aromatic N) is 1. The molecule has 86 valence electrons. The van der Waals surface area contributed by atoms with Crippen molar-refractivity contribution in [3.05, 3.63) is 33.4 Å². The molecule has 0 unspecified atom stereocenters. The molecule has 0 aliphatic carbocycles. The molecule has 1 N–H and O–H groups in total. The van der Waals surface area contributed by atoms with Gasteiger partial charge >= 0.3 is 0 Å². The molecule has 0 amide bonds. The zero-order chi connectivity index (χ0) is 11.9. The Kier molecular flexibility index (Phi) is 3.15. The van der Waals surface area contributed by atoms with Gasteiger partial charge in [0.25, 0.3) is 0 Å². The molecule has 2 rings (SSSR count). The summed E-state index contributed by atoms with van der Waals surface area (Å²) < 4.78 is 1.98. The highest BCUT2D eigenvalue weighted by atomic mass is 35.5. The molecule has 0 aliphatic heterocycles. The van der Waals surface area contributed by atoms with E-state index in [9.17, 15) is 5.11 Å². The zero-order valence-electron chi connectivity index (χ0n) is 9.22. The van der Waals surface area contributed by atoms with E-state index in [4.69, 9.17) is 23.2 Å². The SMILES string of the molecule is CCn1c(Cl)c(CO)c2ccc(Cl)c(C)c21. The average Bonchev–Trinajstić information content (AvgIpc) is 2.56. The number of aromatic nitrogens is 1. The molecule has 2 nitrogen and oxygen atoms in total. The van der Waals surface area contributed by atoms with Crippen LogP contribution in [-0.2, 0) is 13.2 Å². The fourth-order valence-electron chi connectivity index (χ4n) is 2.09. The molecule has 0 saturated heterocycles. The highest BCUT2D eigenvalue weighted by Gasteiger charge is 2.16. The van der Waals surface area contributed by atoms with E-state index < -0.39 is 0 Å². The van der Waals surface area contributed by atoms with Gasteiger partial charge in [0.2, 0.25) is 0 Å². The van der Waals surface area contributed by atoms with E-state index in [1.807, 2.05) is 30.5 Å². The van der Waals surface area contributed by atoms with Crippen LogP contribution in [0.2, 0.25) is 10.2 Å². The maximum absolute atomic E-state index is 9.35. The predicted octanol–water partition coefficient (Wildman–Crippen LogP) is 3.77. The number of aliphatic hydroxyl groups excluding tert-OH is 1. The predicted molar refractivity (Wildman–Crippen MR) is 68.3 cm³/mol. The maximum atomic E-state index is 9.35. The van der Waals surface area contributed by atoms with Crippen molar-refractivity contribution in [2.75, 3.05) is 0 Å². The second-order valence-corrected chi connectivity index (χ2v) is 4.51. The lowest BCUT2D eigenvalue weighted by Gasteiger charge is -2.06. The third kappa shape index (κ3) is 1.53. The summed E-state index contributed by atoms with van der Waals surface area (Å²) in [6.07, 6.45) is 0. The molecule has 0 spiro atoms. The highest BCUT2D eigenvalue weighted by molar-refractivity contribution is 6.34. The van der Waals surface area contributed by atoms with Gasteiger partial charge in [-0.15, -0.1) is 0 Å². The summed E-state index contributed by atoms with van der Waals surface area (Å²) >= 11 is 12.3. The second kappa shape index (κ2) is 4.28. The van der Waals surface area contributed by atoms with Crippen molar-refractivity contribution < 1.29 is 5.11 Å². The van der Waals surface area contributed by atoms with Gasteiger partial charge in [-0.3, -0.25) is 0 Å². The molecule has 0 radical (unpaired) electrons. The van der Waals surface area contributed by atoms with E-state index in [1.54, 1.807) is 0 Å². The molecule has 0 aliphatic rings. The summed E-state index contributed by atoms with van der Waals surface area (Å²) in [7, 11) is 0. The van der Waals surface area contributed by atoms with E-state index in [0.29, 0.717) is 5.15 Å². The Hall–Kier alpha value is -0.700. The Balaban J connectivity index is 2.95.